The van der Waals surface area contributed by atoms with Gasteiger partial charge in [0.05, 0.1) is 23.8 Å². The maximum absolute atomic E-state index is 13.2. The molecule has 0 bridgehead atoms. The second-order valence-corrected chi connectivity index (χ2v) is 8.85. The van der Waals surface area contributed by atoms with Crippen molar-refractivity contribution in [3.8, 4) is 0 Å². The summed E-state index contributed by atoms with van der Waals surface area (Å²) in [5.41, 5.74) is 1.64. The number of ether oxygens (including phenoxy) is 1. The summed E-state index contributed by atoms with van der Waals surface area (Å²) < 4.78 is 5.34. The second-order valence-electron chi connectivity index (χ2n) is 7.33. The van der Waals surface area contributed by atoms with E-state index in [1.165, 1.54) is 11.8 Å². The third-order valence-corrected chi connectivity index (χ3v) is 6.48. The Morgan fingerprint density at radius 2 is 1.87 bits per heavy atom. The highest BCUT2D eigenvalue weighted by Gasteiger charge is 2.30. The van der Waals surface area contributed by atoms with Crippen molar-refractivity contribution in [1.29, 1.82) is 0 Å². The SMILES string of the molecule is O=C(CN1C(=O)C(=Cc2ccc(Cl)cc2)Sc2ccccc21)NCCN1CCOCC1. The summed E-state index contributed by atoms with van der Waals surface area (Å²) in [6, 6.07) is 15.0. The fraction of sp³-hybridized carbons (Fsp3) is 0.304. The smallest absolute Gasteiger partial charge is 0.265 e. The van der Waals surface area contributed by atoms with Crippen molar-refractivity contribution in [1.82, 2.24) is 10.2 Å². The molecule has 2 aliphatic rings. The Kier molecular flexibility index (Phi) is 7.29. The van der Waals surface area contributed by atoms with E-state index in [4.69, 9.17) is 16.3 Å². The van der Waals surface area contributed by atoms with Crippen LogP contribution in [0.5, 0.6) is 0 Å². The molecule has 1 saturated heterocycles. The van der Waals surface area contributed by atoms with Crippen molar-refractivity contribution >= 4 is 46.9 Å². The van der Waals surface area contributed by atoms with Gasteiger partial charge in [0.2, 0.25) is 5.91 Å². The molecule has 0 spiro atoms. The first kappa shape index (κ1) is 21.9. The van der Waals surface area contributed by atoms with E-state index in [0.717, 1.165) is 49.0 Å². The average molecular weight is 458 g/mol. The van der Waals surface area contributed by atoms with Gasteiger partial charge in [-0.2, -0.15) is 0 Å². The number of hydrogen-bond donors (Lipinski definition) is 1. The van der Waals surface area contributed by atoms with Crippen molar-refractivity contribution < 1.29 is 14.3 Å². The maximum atomic E-state index is 13.2. The molecule has 31 heavy (non-hydrogen) atoms. The summed E-state index contributed by atoms with van der Waals surface area (Å²) in [5.74, 6) is -0.351. The number of hydrogen-bond acceptors (Lipinski definition) is 5. The van der Waals surface area contributed by atoms with Crippen LogP contribution in [0.4, 0.5) is 5.69 Å². The van der Waals surface area contributed by atoms with E-state index in [1.807, 2.05) is 42.5 Å². The number of fused-ring (bicyclic) bond motifs is 1. The average Bonchev–Trinajstić information content (AvgIpc) is 2.79. The molecule has 162 valence electrons. The Morgan fingerprint density at radius 3 is 2.65 bits per heavy atom. The molecule has 0 atom stereocenters. The predicted molar refractivity (Wildman–Crippen MR) is 124 cm³/mol. The first-order valence-corrected chi connectivity index (χ1v) is 11.4. The van der Waals surface area contributed by atoms with Crippen molar-refractivity contribution in [2.75, 3.05) is 50.8 Å². The highest BCUT2D eigenvalue weighted by molar-refractivity contribution is 8.04. The van der Waals surface area contributed by atoms with E-state index in [9.17, 15) is 9.59 Å². The van der Waals surface area contributed by atoms with Crippen LogP contribution in [0, 0.1) is 0 Å². The van der Waals surface area contributed by atoms with Crippen molar-refractivity contribution in [3.05, 3.63) is 64.0 Å². The maximum Gasteiger partial charge on any atom is 0.265 e. The molecule has 0 radical (unpaired) electrons. The molecule has 4 rings (SSSR count). The molecule has 0 unspecified atom stereocenters. The number of amides is 2. The molecule has 6 nitrogen and oxygen atoms in total. The van der Waals surface area contributed by atoms with Gasteiger partial charge in [-0.3, -0.25) is 19.4 Å². The van der Waals surface area contributed by atoms with Gasteiger partial charge in [0, 0.05) is 36.1 Å². The van der Waals surface area contributed by atoms with Crippen LogP contribution in [0.15, 0.2) is 58.3 Å². The van der Waals surface area contributed by atoms with Crippen LogP contribution in [-0.2, 0) is 14.3 Å². The molecule has 0 aliphatic carbocycles. The number of para-hydroxylation sites is 1. The van der Waals surface area contributed by atoms with Gasteiger partial charge in [-0.05, 0) is 35.9 Å². The number of morpholine rings is 1. The Labute approximate surface area is 191 Å². The van der Waals surface area contributed by atoms with Crippen LogP contribution in [0.2, 0.25) is 5.02 Å². The lowest BCUT2D eigenvalue weighted by molar-refractivity contribution is -0.122. The summed E-state index contributed by atoms with van der Waals surface area (Å²) in [5, 5.41) is 3.59. The molecule has 0 saturated carbocycles. The normalized spacial score (nSPS) is 18.2. The number of nitrogens with zero attached hydrogens (tertiary/aromatic N) is 2. The Morgan fingerprint density at radius 1 is 1.13 bits per heavy atom. The van der Waals surface area contributed by atoms with E-state index < -0.39 is 0 Å². The van der Waals surface area contributed by atoms with Gasteiger partial charge in [0.25, 0.3) is 5.91 Å². The number of nitrogens with one attached hydrogen (secondary N) is 1. The first-order valence-electron chi connectivity index (χ1n) is 10.2. The van der Waals surface area contributed by atoms with Crippen LogP contribution in [-0.4, -0.2) is 62.7 Å². The van der Waals surface area contributed by atoms with Gasteiger partial charge in [-0.15, -0.1) is 0 Å². The third kappa shape index (κ3) is 5.68. The highest BCUT2D eigenvalue weighted by atomic mass is 35.5. The van der Waals surface area contributed by atoms with E-state index in [1.54, 1.807) is 17.0 Å². The largest absolute Gasteiger partial charge is 0.379 e. The fourth-order valence-corrected chi connectivity index (χ4v) is 4.69. The van der Waals surface area contributed by atoms with Crippen LogP contribution < -0.4 is 10.2 Å². The van der Waals surface area contributed by atoms with Crippen molar-refractivity contribution in [3.63, 3.8) is 0 Å². The van der Waals surface area contributed by atoms with Crippen molar-refractivity contribution in [2.45, 2.75) is 4.90 Å². The van der Waals surface area contributed by atoms with Gasteiger partial charge in [-0.1, -0.05) is 47.6 Å². The number of rotatable bonds is 6. The predicted octanol–water partition coefficient (Wildman–Crippen LogP) is 3.27. The van der Waals surface area contributed by atoms with Gasteiger partial charge < -0.3 is 10.1 Å². The van der Waals surface area contributed by atoms with Gasteiger partial charge in [0.15, 0.2) is 0 Å². The molecular formula is C23H24ClN3O3S. The third-order valence-electron chi connectivity index (χ3n) is 5.16. The molecule has 2 amide bonds. The number of benzene rings is 2. The molecule has 1 N–H and O–H groups in total. The summed E-state index contributed by atoms with van der Waals surface area (Å²) in [4.78, 5) is 31.2. The highest BCUT2D eigenvalue weighted by Crippen LogP contribution is 2.41. The lowest BCUT2D eigenvalue weighted by atomic mass is 10.2. The molecule has 2 aromatic rings. The molecule has 0 aromatic heterocycles. The number of anilines is 1. The number of carbonyl (C=O) groups excluding carboxylic acids is 2. The van der Waals surface area contributed by atoms with Gasteiger partial charge >= 0.3 is 0 Å². The summed E-state index contributed by atoms with van der Waals surface area (Å²) >= 11 is 7.39. The molecule has 2 aromatic carbocycles. The lowest BCUT2D eigenvalue weighted by Crippen LogP contribution is -2.45. The topological polar surface area (TPSA) is 61.9 Å². The zero-order valence-corrected chi connectivity index (χ0v) is 18.6. The standard InChI is InChI=1S/C23H24ClN3O3S/c24-18-7-5-17(6-8-18)15-21-23(29)27(19-3-1-2-4-20(19)31-21)16-22(28)25-9-10-26-11-13-30-14-12-26/h1-8,15H,9-14,16H2,(H,25,28). The van der Waals surface area contributed by atoms with Crippen LogP contribution in [0.3, 0.4) is 0 Å². The minimum Gasteiger partial charge on any atom is -0.379 e. The zero-order chi connectivity index (χ0) is 21.6. The van der Waals surface area contributed by atoms with E-state index >= 15 is 0 Å². The quantitative estimate of drug-likeness (QED) is 0.674. The fourth-order valence-electron chi connectivity index (χ4n) is 3.51. The molecule has 2 heterocycles. The second kappa shape index (κ2) is 10.3. The van der Waals surface area contributed by atoms with Gasteiger partial charge in [0.1, 0.15) is 6.54 Å². The lowest BCUT2D eigenvalue weighted by Gasteiger charge is -2.30. The van der Waals surface area contributed by atoms with E-state index in [2.05, 4.69) is 10.2 Å². The summed E-state index contributed by atoms with van der Waals surface area (Å²) in [6.45, 7) is 4.52. The zero-order valence-electron chi connectivity index (χ0n) is 17.1. The molecule has 2 aliphatic heterocycles. The van der Waals surface area contributed by atoms with Crippen LogP contribution >= 0.6 is 23.4 Å². The summed E-state index contributed by atoms with van der Waals surface area (Å²) in [6.07, 6.45) is 1.84. The minimum absolute atomic E-state index is 0.0164. The number of carbonyl (C=O) groups is 2. The number of thioether (sulfide) groups is 1. The van der Waals surface area contributed by atoms with Crippen LogP contribution in [0.25, 0.3) is 6.08 Å². The first-order chi connectivity index (χ1) is 15.1. The number of halogens is 1. The molecule has 8 heteroatoms. The van der Waals surface area contributed by atoms with E-state index in [0.29, 0.717) is 16.5 Å². The molecular weight excluding hydrogens is 434 g/mol. The van der Waals surface area contributed by atoms with Crippen molar-refractivity contribution in [2.24, 2.45) is 0 Å². The van der Waals surface area contributed by atoms with E-state index in [-0.39, 0.29) is 18.4 Å². The Hall–Kier alpha value is -2.32. The summed E-state index contributed by atoms with van der Waals surface area (Å²) in [7, 11) is 0. The van der Waals surface area contributed by atoms with Gasteiger partial charge in [-0.25, -0.2) is 0 Å². The monoisotopic (exact) mass is 457 g/mol. The minimum atomic E-state index is -0.179. The Balaban J connectivity index is 1.45. The molecule has 1 fully saturated rings. The Bertz CT molecular complexity index is 974. The van der Waals surface area contributed by atoms with Crippen LogP contribution in [0.1, 0.15) is 5.56 Å².